The lowest BCUT2D eigenvalue weighted by Crippen LogP contribution is -2.40. The van der Waals surface area contributed by atoms with E-state index in [4.69, 9.17) is 26.4 Å². The highest BCUT2D eigenvalue weighted by Crippen LogP contribution is 2.21. The molecule has 0 aromatic heterocycles. The third-order valence-electron chi connectivity index (χ3n) is 3.78. The van der Waals surface area contributed by atoms with Gasteiger partial charge < -0.3 is 19.5 Å². The minimum absolute atomic E-state index is 0.186. The molecule has 2 aromatic carbocycles. The first-order valence-electron chi connectivity index (χ1n) is 8.42. The molecule has 1 amide bonds. The van der Waals surface area contributed by atoms with E-state index in [2.05, 4.69) is 5.32 Å². The van der Waals surface area contributed by atoms with Crippen molar-refractivity contribution in [2.45, 2.75) is 20.1 Å². The van der Waals surface area contributed by atoms with Gasteiger partial charge in [-0.15, -0.1) is 0 Å². The first-order chi connectivity index (χ1) is 12.9. The molecular weight excluding hydrogens is 364 g/mol. The molecule has 2 rings (SSSR count). The molecule has 0 unspecified atom stereocenters. The molecule has 0 radical (unpaired) electrons. The molecule has 1 N–H and O–H groups in total. The number of aryl methyl sites for hydroxylation is 1. The van der Waals surface area contributed by atoms with Crippen LogP contribution in [0.3, 0.4) is 0 Å². The van der Waals surface area contributed by atoms with Crippen molar-refractivity contribution in [1.29, 1.82) is 0 Å². The molecule has 0 aliphatic carbocycles. The first-order valence-corrected chi connectivity index (χ1v) is 8.83. The van der Waals surface area contributed by atoms with Crippen LogP contribution in [0.25, 0.3) is 0 Å². The number of ether oxygens (including phenoxy) is 3. The van der Waals surface area contributed by atoms with Crippen LogP contribution in [0, 0.1) is 6.92 Å². The van der Waals surface area contributed by atoms with Crippen LogP contribution in [0.5, 0.6) is 5.75 Å². The molecule has 0 aliphatic rings. The monoisotopic (exact) mass is 388 g/mol. The van der Waals surface area contributed by atoms with Crippen LogP contribution in [0.2, 0.25) is 0 Å². The van der Waals surface area contributed by atoms with Gasteiger partial charge >= 0.3 is 6.09 Å². The number of nitrogens with zero attached hydrogens (tertiary/aromatic N) is 1. The maximum Gasteiger partial charge on any atom is 0.419 e. The molecule has 0 atom stereocenters. The van der Waals surface area contributed by atoms with Crippen molar-refractivity contribution in [3.05, 3.63) is 54.1 Å². The van der Waals surface area contributed by atoms with E-state index in [0.717, 1.165) is 11.3 Å². The molecule has 0 saturated heterocycles. The second-order valence-corrected chi connectivity index (χ2v) is 6.54. The topological polar surface area (TPSA) is 60.0 Å². The van der Waals surface area contributed by atoms with Gasteiger partial charge in [-0.2, -0.15) is 0 Å². The fourth-order valence-corrected chi connectivity index (χ4v) is 2.52. The Hall–Kier alpha value is -2.48. The maximum atomic E-state index is 12.8. The normalized spacial score (nSPS) is 10.6. The lowest BCUT2D eigenvalue weighted by Gasteiger charge is -2.25. The fourth-order valence-electron chi connectivity index (χ4n) is 2.40. The molecule has 6 nitrogen and oxygen atoms in total. The van der Waals surface area contributed by atoms with Crippen LogP contribution in [-0.4, -0.2) is 38.1 Å². The summed E-state index contributed by atoms with van der Waals surface area (Å²) in [5.41, 5.74) is 2.53. The SMILES string of the molecule is COC(CN(C(=O)Oc1cccc(NC(C)=S)c1)c1ccc(C)cc1)OC. The zero-order valence-corrected chi connectivity index (χ0v) is 16.7. The Bertz CT molecular complexity index is 776. The maximum absolute atomic E-state index is 12.8. The zero-order valence-electron chi connectivity index (χ0n) is 15.9. The predicted molar refractivity (Wildman–Crippen MR) is 111 cm³/mol. The summed E-state index contributed by atoms with van der Waals surface area (Å²) >= 11 is 5.04. The minimum Gasteiger partial charge on any atom is -0.410 e. The number of thiocarbonyl (C=S) groups is 1. The average Bonchev–Trinajstić information content (AvgIpc) is 2.63. The second kappa shape index (κ2) is 10.0. The number of amides is 1. The van der Waals surface area contributed by atoms with E-state index in [1.54, 1.807) is 25.1 Å². The van der Waals surface area contributed by atoms with E-state index in [9.17, 15) is 4.79 Å². The standard InChI is InChI=1S/C20H24N2O4S/c1-14-8-10-17(11-9-14)22(13-19(24-3)25-4)20(23)26-18-7-5-6-16(12-18)21-15(2)27/h5-12,19H,13H2,1-4H3,(H,21,27). The smallest absolute Gasteiger partial charge is 0.410 e. The average molecular weight is 388 g/mol. The summed E-state index contributed by atoms with van der Waals surface area (Å²) in [6.07, 6.45) is -1.11. The highest BCUT2D eigenvalue weighted by Gasteiger charge is 2.22. The summed E-state index contributed by atoms with van der Waals surface area (Å²) in [6, 6.07) is 14.6. The van der Waals surface area contributed by atoms with E-state index >= 15 is 0 Å². The first kappa shape index (κ1) is 20.8. The molecule has 2 aromatic rings. The number of hydrogen-bond acceptors (Lipinski definition) is 5. The molecular formula is C20H24N2O4S. The van der Waals surface area contributed by atoms with E-state index < -0.39 is 12.4 Å². The van der Waals surface area contributed by atoms with Crippen LogP contribution in [0.1, 0.15) is 12.5 Å². The van der Waals surface area contributed by atoms with Crippen LogP contribution in [0.4, 0.5) is 16.2 Å². The quantitative estimate of drug-likeness (QED) is 0.561. The highest BCUT2D eigenvalue weighted by molar-refractivity contribution is 7.80. The third kappa shape index (κ3) is 6.32. The van der Waals surface area contributed by atoms with Gasteiger partial charge in [0.05, 0.1) is 11.5 Å². The van der Waals surface area contributed by atoms with Gasteiger partial charge in [-0.1, -0.05) is 36.0 Å². The molecule has 0 aliphatic heterocycles. The van der Waals surface area contributed by atoms with Crippen LogP contribution >= 0.6 is 12.2 Å². The van der Waals surface area contributed by atoms with Gasteiger partial charge in [0, 0.05) is 31.7 Å². The summed E-state index contributed by atoms with van der Waals surface area (Å²) < 4.78 is 16.1. The van der Waals surface area contributed by atoms with E-state index in [-0.39, 0.29) is 6.54 Å². The molecule has 144 valence electrons. The van der Waals surface area contributed by atoms with Gasteiger partial charge in [-0.05, 0) is 38.1 Å². The number of benzene rings is 2. The Balaban J connectivity index is 2.22. The minimum atomic E-state index is -0.579. The van der Waals surface area contributed by atoms with Crippen molar-refractivity contribution in [2.24, 2.45) is 0 Å². The molecule has 0 saturated carbocycles. The van der Waals surface area contributed by atoms with E-state index in [1.807, 2.05) is 37.3 Å². The number of carbonyl (C=O) groups is 1. The molecule has 0 spiro atoms. The van der Waals surface area contributed by atoms with Crippen molar-refractivity contribution in [2.75, 3.05) is 31.0 Å². The van der Waals surface area contributed by atoms with Crippen molar-refractivity contribution in [3.8, 4) is 5.75 Å². The third-order valence-corrected chi connectivity index (χ3v) is 3.89. The summed E-state index contributed by atoms with van der Waals surface area (Å²) in [6.45, 7) is 3.95. The van der Waals surface area contributed by atoms with Crippen LogP contribution < -0.4 is 15.0 Å². The van der Waals surface area contributed by atoms with Gasteiger partial charge in [0.1, 0.15) is 5.75 Å². The van der Waals surface area contributed by atoms with Gasteiger partial charge in [0.2, 0.25) is 0 Å². The van der Waals surface area contributed by atoms with Gasteiger partial charge in [-0.25, -0.2) is 4.79 Å². The fraction of sp³-hybridized carbons (Fsp3) is 0.300. The second-order valence-electron chi connectivity index (χ2n) is 5.92. The lowest BCUT2D eigenvalue weighted by molar-refractivity contribution is -0.0943. The summed E-state index contributed by atoms with van der Waals surface area (Å²) in [4.78, 5) is 14.9. The number of hydrogen-bond donors (Lipinski definition) is 1. The number of anilines is 2. The Morgan fingerprint density at radius 2 is 1.81 bits per heavy atom. The van der Waals surface area contributed by atoms with E-state index in [0.29, 0.717) is 16.4 Å². The molecule has 27 heavy (non-hydrogen) atoms. The van der Waals surface area contributed by atoms with Crippen LogP contribution in [0.15, 0.2) is 48.5 Å². The van der Waals surface area contributed by atoms with Crippen molar-refractivity contribution in [1.82, 2.24) is 0 Å². The number of rotatable bonds is 7. The molecule has 0 bridgehead atoms. The van der Waals surface area contributed by atoms with Gasteiger partial charge in [0.25, 0.3) is 0 Å². The lowest BCUT2D eigenvalue weighted by atomic mass is 10.2. The van der Waals surface area contributed by atoms with Crippen molar-refractivity contribution >= 4 is 34.7 Å². The Labute approximate surface area is 165 Å². The van der Waals surface area contributed by atoms with E-state index in [1.165, 1.54) is 19.1 Å². The predicted octanol–water partition coefficient (Wildman–Crippen LogP) is 4.38. The highest BCUT2D eigenvalue weighted by atomic mass is 32.1. The van der Waals surface area contributed by atoms with Crippen LogP contribution in [-0.2, 0) is 9.47 Å². The summed E-state index contributed by atoms with van der Waals surface area (Å²) in [5.74, 6) is 0.407. The summed E-state index contributed by atoms with van der Waals surface area (Å²) in [7, 11) is 3.05. The van der Waals surface area contributed by atoms with Gasteiger partial charge in [0.15, 0.2) is 6.29 Å². The summed E-state index contributed by atoms with van der Waals surface area (Å²) in [5, 5.41) is 3.02. The molecule has 0 fully saturated rings. The van der Waals surface area contributed by atoms with Crippen molar-refractivity contribution in [3.63, 3.8) is 0 Å². The molecule has 7 heteroatoms. The number of nitrogens with one attached hydrogen (secondary N) is 1. The Kier molecular flexibility index (Phi) is 7.72. The molecule has 0 heterocycles. The Morgan fingerprint density at radius 3 is 2.41 bits per heavy atom. The largest absolute Gasteiger partial charge is 0.419 e. The van der Waals surface area contributed by atoms with Gasteiger partial charge in [-0.3, -0.25) is 4.90 Å². The number of carbonyl (C=O) groups excluding carboxylic acids is 1. The van der Waals surface area contributed by atoms with Crippen molar-refractivity contribution < 1.29 is 19.0 Å². The number of methoxy groups -OCH3 is 2. The zero-order chi connectivity index (χ0) is 19.8. The Morgan fingerprint density at radius 1 is 1.15 bits per heavy atom.